The molecule has 2 aliphatic heterocycles. The molecule has 0 bridgehead atoms. The van der Waals surface area contributed by atoms with Gasteiger partial charge in [-0.3, -0.25) is 0 Å². The second-order valence-corrected chi connectivity index (χ2v) is 26.5. The third-order valence-corrected chi connectivity index (χ3v) is 15.0. The minimum atomic E-state index is -0.0508. The van der Waals surface area contributed by atoms with Gasteiger partial charge in [0.1, 0.15) is 0 Å². The highest BCUT2D eigenvalue weighted by Gasteiger charge is 2.45. The fraction of sp³-hybridized carbons (Fsp3) is 0.364. The molecule has 0 N–H and O–H groups in total. The molecule has 2 nitrogen and oxygen atoms in total. The van der Waals surface area contributed by atoms with Gasteiger partial charge in [0.2, 0.25) is 0 Å². The third-order valence-electron chi connectivity index (χ3n) is 15.0. The molecular weight excluding hydrogens is 832 g/mol. The monoisotopic (exact) mass is 909 g/mol. The van der Waals surface area contributed by atoms with E-state index in [-0.39, 0.29) is 39.2 Å². The Morgan fingerprint density at radius 3 is 1.16 bits per heavy atom. The Hall–Kier alpha value is -5.80. The van der Waals surface area contributed by atoms with Crippen molar-refractivity contribution in [2.24, 2.45) is 0 Å². The molecule has 0 spiro atoms. The number of nitrogens with zero attached hydrogens (tertiary/aromatic N) is 2. The molecule has 354 valence electrons. The molecule has 0 amide bonds. The molecule has 0 saturated heterocycles. The van der Waals surface area contributed by atoms with Crippen molar-refractivity contribution < 1.29 is 0 Å². The first-order valence-electron chi connectivity index (χ1n) is 25.5. The molecule has 0 atom stereocenters. The van der Waals surface area contributed by atoms with E-state index in [1.165, 1.54) is 106 Å². The molecule has 3 heteroatoms. The van der Waals surface area contributed by atoms with Crippen LogP contribution in [0, 0.1) is 0 Å². The van der Waals surface area contributed by atoms with Gasteiger partial charge >= 0.3 is 0 Å². The molecule has 0 radical (unpaired) electrons. The fourth-order valence-electron chi connectivity index (χ4n) is 10.5. The molecule has 7 aromatic carbocycles. The van der Waals surface area contributed by atoms with Crippen LogP contribution >= 0.6 is 0 Å². The highest BCUT2D eigenvalue weighted by molar-refractivity contribution is 7.00. The number of anilines is 6. The molecule has 0 aliphatic carbocycles. The van der Waals surface area contributed by atoms with Gasteiger partial charge in [-0.05, 0) is 147 Å². The van der Waals surface area contributed by atoms with E-state index < -0.39 is 0 Å². The summed E-state index contributed by atoms with van der Waals surface area (Å²) < 4.78 is 0. The van der Waals surface area contributed by atoms with Crippen LogP contribution in [0.4, 0.5) is 34.1 Å². The van der Waals surface area contributed by atoms with E-state index in [0.29, 0.717) is 0 Å². The average molecular weight is 909 g/mol. The summed E-state index contributed by atoms with van der Waals surface area (Å²) in [6, 6.07) is 55.2. The summed E-state index contributed by atoms with van der Waals surface area (Å²) in [4.78, 5) is 5.24. The summed E-state index contributed by atoms with van der Waals surface area (Å²) in [5.74, 6) is 0. The van der Waals surface area contributed by atoms with E-state index in [4.69, 9.17) is 0 Å². The Balaban J connectivity index is 1.44. The van der Waals surface area contributed by atoms with E-state index in [9.17, 15) is 0 Å². The Morgan fingerprint density at radius 2 is 0.681 bits per heavy atom. The fourth-order valence-corrected chi connectivity index (χ4v) is 10.5. The summed E-state index contributed by atoms with van der Waals surface area (Å²) in [7, 11) is 0. The Bertz CT molecular complexity index is 3090. The van der Waals surface area contributed by atoms with E-state index >= 15 is 0 Å². The van der Waals surface area contributed by atoms with Crippen molar-refractivity contribution in [3.63, 3.8) is 0 Å². The van der Waals surface area contributed by atoms with Crippen LogP contribution in [0.2, 0.25) is 0 Å². The van der Waals surface area contributed by atoms with Crippen LogP contribution in [0.5, 0.6) is 0 Å². The molecule has 0 saturated carbocycles. The zero-order valence-corrected chi connectivity index (χ0v) is 45.3. The molecule has 9 rings (SSSR count). The number of rotatable bonds is 4. The lowest BCUT2D eigenvalue weighted by Gasteiger charge is -2.45. The van der Waals surface area contributed by atoms with Gasteiger partial charge in [-0.15, -0.1) is 0 Å². The molecule has 2 aliphatic rings. The molecule has 7 aromatic rings. The first kappa shape index (κ1) is 48.2. The quantitative estimate of drug-likeness (QED) is 0.162. The van der Waals surface area contributed by atoms with Crippen molar-refractivity contribution in [3.05, 3.63) is 173 Å². The van der Waals surface area contributed by atoms with Gasteiger partial charge in [0.05, 0.1) is 5.69 Å². The summed E-state index contributed by atoms with van der Waals surface area (Å²) in [5.41, 5.74) is 24.2. The second kappa shape index (κ2) is 16.4. The maximum absolute atomic E-state index is 2.65. The number of hydrogen-bond acceptors (Lipinski definition) is 2. The molecule has 2 heterocycles. The SMILES string of the molecule is CC(C)(C)c1ccc(-c2cc(C(C)(C)C)ccc2N2c3ccc(C(C)(C)C)cc3B3c4cc(C(C)(C)C)ccc4N(c4ccc(C(C)(C)C)cc4)c4cc(-c5cccc(C(C)(C)C)c5)cc2c43)cc1. The molecule has 0 unspecified atom stereocenters. The van der Waals surface area contributed by atoms with Crippen molar-refractivity contribution in [1.82, 2.24) is 0 Å². The van der Waals surface area contributed by atoms with Crippen LogP contribution in [0.1, 0.15) is 158 Å². The topological polar surface area (TPSA) is 6.48 Å². The summed E-state index contributed by atoms with van der Waals surface area (Å²) in [6.45, 7) is 41.9. The van der Waals surface area contributed by atoms with Crippen molar-refractivity contribution in [3.8, 4) is 22.3 Å². The molecule has 69 heavy (non-hydrogen) atoms. The summed E-state index contributed by atoms with van der Waals surface area (Å²) in [6.07, 6.45) is 0. The summed E-state index contributed by atoms with van der Waals surface area (Å²) >= 11 is 0. The van der Waals surface area contributed by atoms with E-state index in [0.717, 1.165) is 0 Å². The first-order valence-corrected chi connectivity index (χ1v) is 25.5. The van der Waals surface area contributed by atoms with Crippen LogP contribution in [0.3, 0.4) is 0 Å². The number of hydrogen-bond donors (Lipinski definition) is 0. The van der Waals surface area contributed by atoms with Crippen molar-refractivity contribution >= 4 is 57.2 Å². The Kier molecular flexibility index (Phi) is 11.5. The zero-order chi connectivity index (χ0) is 50.0. The van der Waals surface area contributed by atoms with Crippen molar-refractivity contribution in [1.29, 1.82) is 0 Å². The maximum Gasteiger partial charge on any atom is 0.252 e. The number of benzene rings is 7. The van der Waals surface area contributed by atoms with E-state index in [1.807, 2.05) is 0 Å². The lowest BCUT2D eigenvalue weighted by molar-refractivity contribution is 0.590. The van der Waals surface area contributed by atoms with E-state index in [2.05, 4.69) is 274 Å². The zero-order valence-electron chi connectivity index (χ0n) is 45.3. The predicted octanol–water partition coefficient (Wildman–Crippen LogP) is 16.9. The van der Waals surface area contributed by atoms with Crippen LogP contribution in [0.25, 0.3) is 22.3 Å². The highest BCUT2D eigenvalue weighted by atomic mass is 15.2. The molecular formula is C66H77BN2. The third kappa shape index (κ3) is 8.90. The van der Waals surface area contributed by atoms with Crippen LogP contribution in [-0.2, 0) is 32.5 Å². The maximum atomic E-state index is 2.65. The molecule has 0 fully saturated rings. The normalized spacial score (nSPS) is 14.1. The van der Waals surface area contributed by atoms with Crippen molar-refractivity contribution in [2.45, 2.75) is 157 Å². The highest BCUT2D eigenvalue weighted by Crippen LogP contribution is 2.50. The van der Waals surface area contributed by atoms with Gasteiger partial charge in [-0.1, -0.05) is 216 Å². The Labute approximate surface area is 417 Å². The standard InChI is InChI=1S/C66H77BN2/c1-61(2,3)45-24-22-42(23-25-45)52-39-48(64(10,11)12)28-33-55(52)69-57-35-30-50(66(16,17)18)41-54(57)67-53-40-49(65(13,14)15)29-34-56(53)68(51-31-26-46(27-32-51)62(4,5)6)58-37-44(38-59(69)60(58)67)43-20-19-21-47(36-43)63(7,8)9/h19-41H,1-18H3. The van der Waals surface area contributed by atoms with Gasteiger partial charge in [-0.25, -0.2) is 0 Å². The van der Waals surface area contributed by atoms with Gasteiger partial charge < -0.3 is 9.80 Å². The van der Waals surface area contributed by atoms with Gasteiger partial charge in [0.15, 0.2) is 0 Å². The van der Waals surface area contributed by atoms with Crippen LogP contribution in [-0.4, -0.2) is 6.71 Å². The average Bonchev–Trinajstić information content (AvgIpc) is 3.26. The minimum absolute atomic E-state index is 0.00387. The first-order chi connectivity index (χ1) is 32.0. The summed E-state index contributed by atoms with van der Waals surface area (Å²) in [5, 5.41) is 0. The lowest BCUT2D eigenvalue weighted by atomic mass is 9.33. The Morgan fingerprint density at radius 1 is 0.290 bits per heavy atom. The largest absolute Gasteiger partial charge is 0.311 e. The smallest absolute Gasteiger partial charge is 0.252 e. The van der Waals surface area contributed by atoms with Crippen LogP contribution in [0.15, 0.2) is 140 Å². The van der Waals surface area contributed by atoms with Gasteiger partial charge in [0.25, 0.3) is 6.71 Å². The minimum Gasteiger partial charge on any atom is -0.311 e. The molecule has 0 aromatic heterocycles. The van der Waals surface area contributed by atoms with Crippen molar-refractivity contribution in [2.75, 3.05) is 9.80 Å². The van der Waals surface area contributed by atoms with Crippen LogP contribution < -0.4 is 26.2 Å². The second-order valence-electron chi connectivity index (χ2n) is 26.5. The van der Waals surface area contributed by atoms with Gasteiger partial charge in [-0.2, -0.15) is 0 Å². The lowest BCUT2D eigenvalue weighted by Crippen LogP contribution is -2.61. The van der Waals surface area contributed by atoms with Gasteiger partial charge in [0, 0.05) is 34.0 Å². The van der Waals surface area contributed by atoms with E-state index in [1.54, 1.807) is 0 Å². The predicted molar refractivity (Wildman–Crippen MR) is 304 cm³/mol. The number of fused-ring (bicyclic) bond motifs is 4.